The number of nitrogens with two attached hydrogens (primary N) is 1. The first-order chi connectivity index (χ1) is 28.1. The van der Waals surface area contributed by atoms with Crippen molar-refractivity contribution < 1.29 is 33.4 Å². The summed E-state index contributed by atoms with van der Waals surface area (Å²) in [6.07, 6.45) is 3.95. The van der Waals surface area contributed by atoms with Crippen LogP contribution < -0.4 is 20.1 Å². The van der Waals surface area contributed by atoms with Crippen LogP contribution in [0, 0.1) is 22.2 Å². The van der Waals surface area contributed by atoms with Crippen LogP contribution >= 0.6 is 11.6 Å². The van der Waals surface area contributed by atoms with Gasteiger partial charge >= 0.3 is 0 Å². The number of piperidine rings is 1. The number of unbranched alkanes of at least 4 members (excludes halogenated alkanes) is 2. The quantitative estimate of drug-likeness (QED) is 0.181. The SMILES string of the molecule is CC1(C)C(Oc2ccc(C#N)c(Cl)c2)C(C)(C)C1N1C(=O)CCC(N2C(=O)Cc3cc(OCCCCCN4CCN(c5ccc(C(N)=O)cn5)CC4)ccc3C2=O)C1=O. The zero-order valence-corrected chi connectivity index (χ0v) is 34.7. The number of piperazine rings is 1. The number of amides is 5. The summed E-state index contributed by atoms with van der Waals surface area (Å²) in [5.41, 5.74) is 5.54. The predicted molar refractivity (Wildman–Crippen MR) is 219 cm³/mol. The summed E-state index contributed by atoms with van der Waals surface area (Å²) in [6, 6.07) is 13.8. The number of ether oxygens (including phenoxy) is 2. The summed E-state index contributed by atoms with van der Waals surface area (Å²) in [5.74, 6) is -0.557. The molecule has 0 radical (unpaired) electrons. The van der Waals surface area contributed by atoms with Crippen LogP contribution in [0.1, 0.15) is 91.6 Å². The number of imide groups is 2. The lowest BCUT2D eigenvalue weighted by Crippen LogP contribution is -2.78. The molecule has 59 heavy (non-hydrogen) atoms. The van der Waals surface area contributed by atoms with Crippen molar-refractivity contribution in [2.45, 2.75) is 84.4 Å². The van der Waals surface area contributed by atoms with Crippen LogP contribution in [0.4, 0.5) is 5.82 Å². The summed E-state index contributed by atoms with van der Waals surface area (Å²) in [6.45, 7) is 12.7. The van der Waals surface area contributed by atoms with Gasteiger partial charge in [-0.3, -0.25) is 38.7 Å². The number of anilines is 1. The number of aromatic nitrogens is 1. The van der Waals surface area contributed by atoms with E-state index in [1.54, 1.807) is 42.5 Å². The first-order valence-corrected chi connectivity index (χ1v) is 20.6. The minimum absolute atomic E-state index is 0.0105. The number of nitriles is 1. The number of fused-ring (bicyclic) bond motifs is 1. The second kappa shape index (κ2) is 16.6. The molecule has 2 N–H and O–H groups in total. The van der Waals surface area contributed by atoms with Crippen molar-refractivity contribution in [2.24, 2.45) is 16.6 Å². The van der Waals surface area contributed by atoms with Gasteiger partial charge in [-0.2, -0.15) is 5.26 Å². The minimum Gasteiger partial charge on any atom is -0.494 e. The minimum atomic E-state index is -1.11. The Morgan fingerprint density at radius 1 is 0.915 bits per heavy atom. The smallest absolute Gasteiger partial charge is 0.261 e. The number of likely N-dealkylation sites (tertiary alicyclic amines) is 1. The molecule has 5 amide bonds. The maximum absolute atomic E-state index is 14.3. The summed E-state index contributed by atoms with van der Waals surface area (Å²) in [7, 11) is 0. The number of pyridine rings is 1. The van der Waals surface area contributed by atoms with E-state index in [1.807, 2.05) is 39.8 Å². The molecular weight excluding hydrogens is 774 g/mol. The number of hydrogen-bond donors (Lipinski definition) is 1. The Balaban J connectivity index is 0.902. The summed E-state index contributed by atoms with van der Waals surface area (Å²) in [4.78, 5) is 78.1. The third kappa shape index (κ3) is 8.10. The van der Waals surface area contributed by atoms with E-state index >= 15 is 0 Å². The Morgan fingerprint density at radius 3 is 2.31 bits per heavy atom. The lowest BCUT2D eigenvalue weighted by Gasteiger charge is -2.66. The number of carbonyl (C=O) groups is 5. The van der Waals surface area contributed by atoms with Gasteiger partial charge in [0, 0.05) is 61.3 Å². The molecule has 1 atom stereocenters. The molecule has 2 saturated heterocycles. The van der Waals surface area contributed by atoms with E-state index in [2.05, 4.69) is 14.8 Å². The fourth-order valence-electron chi connectivity index (χ4n) is 9.72. The Hall–Kier alpha value is -5.52. The van der Waals surface area contributed by atoms with E-state index in [1.165, 1.54) is 11.1 Å². The van der Waals surface area contributed by atoms with Crippen molar-refractivity contribution in [2.75, 3.05) is 44.2 Å². The number of benzene rings is 2. The highest BCUT2D eigenvalue weighted by molar-refractivity contribution is 6.31. The number of rotatable bonds is 13. The molecule has 0 bridgehead atoms. The van der Waals surface area contributed by atoms with E-state index in [0.29, 0.717) is 40.4 Å². The molecule has 7 rings (SSSR count). The highest BCUT2D eigenvalue weighted by Gasteiger charge is 2.68. The van der Waals surface area contributed by atoms with Gasteiger partial charge in [-0.25, -0.2) is 4.98 Å². The average Bonchev–Trinajstić information content (AvgIpc) is 3.20. The lowest BCUT2D eigenvalue weighted by atomic mass is 9.48. The van der Waals surface area contributed by atoms with E-state index in [4.69, 9.17) is 26.8 Å². The van der Waals surface area contributed by atoms with Gasteiger partial charge in [0.1, 0.15) is 35.5 Å². The standard InChI is InChI=1S/C44H50ClN7O7/c1-43(2)41(44(3,4)42(43)59-31-10-8-27(25-46)33(45)24-31)52-36(53)15-13-34(40(52)57)51-37(54)23-29-22-30(11-12-32(29)39(51)56)58-21-7-5-6-16-49-17-19-50(20-18-49)35-14-9-28(26-48-35)38(47)55/h8-12,14,22,24,26,34,41-42H,5-7,13,15-21,23H2,1-4H3,(H2,47,55). The molecular formula is C44H50ClN7O7. The monoisotopic (exact) mass is 823 g/mol. The second-order valence-corrected chi connectivity index (χ2v) is 17.4. The highest BCUT2D eigenvalue weighted by Crippen LogP contribution is 2.58. The van der Waals surface area contributed by atoms with Crippen molar-refractivity contribution >= 4 is 47.0 Å². The van der Waals surface area contributed by atoms with Gasteiger partial charge in [-0.15, -0.1) is 0 Å². The van der Waals surface area contributed by atoms with Gasteiger partial charge in [0.2, 0.25) is 17.7 Å². The molecule has 1 unspecified atom stereocenters. The van der Waals surface area contributed by atoms with Crippen molar-refractivity contribution in [3.63, 3.8) is 0 Å². The van der Waals surface area contributed by atoms with Gasteiger partial charge in [0.15, 0.2) is 0 Å². The van der Waals surface area contributed by atoms with Crippen LogP contribution in [0.15, 0.2) is 54.7 Å². The van der Waals surface area contributed by atoms with Gasteiger partial charge < -0.3 is 20.1 Å². The number of halogens is 1. The normalized spacial score (nSPS) is 22.7. The third-order valence-electron chi connectivity index (χ3n) is 12.3. The van der Waals surface area contributed by atoms with Crippen molar-refractivity contribution in [3.05, 3.63) is 82.0 Å². The molecule has 1 aliphatic carbocycles. The van der Waals surface area contributed by atoms with E-state index < -0.39 is 52.6 Å². The molecule has 310 valence electrons. The van der Waals surface area contributed by atoms with Crippen LogP contribution in [0.25, 0.3) is 0 Å². The number of carbonyl (C=O) groups excluding carboxylic acids is 5. The molecule has 1 aromatic heterocycles. The maximum atomic E-state index is 14.3. The molecule has 3 aromatic rings. The molecule has 14 nitrogen and oxygen atoms in total. The fraction of sp³-hybridized carbons (Fsp3) is 0.477. The Bertz CT molecular complexity index is 2180. The van der Waals surface area contributed by atoms with Crippen LogP contribution in [0.5, 0.6) is 11.5 Å². The number of hydrogen-bond acceptors (Lipinski definition) is 11. The van der Waals surface area contributed by atoms with E-state index in [-0.39, 0.29) is 30.2 Å². The van der Waals surface area contributed by atoms with E-state index in [9.17, 15) is 29.2 Å². The highest BCUT2D eigenvalue weighted by atomic mass is 35.5. The number of primary amides is 1. The van der Waals surface area contributed by atoms with Crippen LogP contribution in [-0.4, -0.2) is 107 Å². The van der Waals surface area contributed by atoms with Gasteiger partial charge in [0.05, 0.1) is 35.2 Å². The first-order valence-electron chi connectivity index (χ1n) is 20.2. The van der Waals surface area contributed by atoms with Gasteiger partial charge in [0.25, 0.3) is 11.8 Å². The molecule has 2 aromatic carbocycles. The zero-order chi connectivity index (χ0) is 42.2. The molecule has 3 fully saturated rings. The number of nitrogens with zero attached hydrogens (tertiary/aromatic N) is 6. The molecule has 4 aliphatic rings. The second-order valence-electron chi connectivity index (χ2n) is 17.0. The fourth-order valence-corrected chi connectivity index (χ4v) is 9.93. The van der Waals surface area contributed by atoms with E-state index in [0.717, 1.165) is 62.7 Å². The molecule has 3 aliphatic heterocycles. The third-order valence-corrected chi connectivity index (χ3v) is 12.6. The largest absolute Gasteiger partial charge is 0.494 e. The van der Waals surface area contributed by atoms with Crippen molar-refractivity contribution in [3.8, 4) is 17.6 Å². The Labute approximate surface area is 349 Å². The van der Waals surface area contributed by atoms with Crippen molar-refractivity contribution in [1.29, 1.82) is 5.26 Å². The molecule has 0 spiro atoms. The summed E-state index contributed by atoms with van der Waals surface area (Å²) in [5, 5.41) is 9.53. The topological polar surface area (TPSA) is 179 Å². The summed E-state index contributed by atoms with van der Waals surface area (Å²) >= 11 is 6.26. The molecule has 4 heterocycles. The molecule has 15 heteroatoms. The van der Waals surface area contributed by atoms with Crippen LogP contribution in [0.3, 0.4) is 0 Å². The zero-order valence-electron chi connectivity index (χ0n) is 33.9. The van der Waals surface area contributed by atoms with Gasteiger partial charge in [-0.05, 0) is 80.3 Å². The summed E-state index contributed by atoms with van der Waals surface area (Å²) < 4.78 is 12.4. The Kier molecular flexibility index (Phi) is 11.7. The van der Waals surface area contributed by atoms with Gasteiger partial charge in [-0.1, -0.05) is 39.3 Å². The molecule has 1 saturated carbocycles. The lowest BCUT2D eigenvalue weighted by molar-refractivity contribution is -0.216. The Morgan fingerprint density at radius 2 is 1.64 bits per heavy atom. The first kappa shape index (κ1) is 41.6. The maximum Gasteiger partial charge on any atom is 0.261 e. The van der Waals surface area contributed by atoms with Crippen LogP contribution in [-0.2, 0) is 20.8 Å². The van der Waals surface area contributed by atoms with Crippen molar-refractivity contribution in [1.82, 2.24) is 19.7 Å². The van der Waals surface area contributed by atoms with Crippen LogP contribution in [0.2, 0.25) is 5.02 Å². The average molecular weight is 824 g/mol. The predicted octanol–water partition coefficient (Wildman–Crippen LogP) is 5.00.